The molecule has 2 saturated heterocycles. The van der Waals surface area contributed by atoms with Crippen LogP contribution < -0.4 is 4.74 Å². The van der Waals surface area contributed by atoms with E-state index < -0.39 is 0 Å². The summed E-state index contributed by atoms with van der Waals surface area (Å²) in [4.78, 5) is 24.1. The lowest BCUT2D eigenvalue weighted by molar-refractivity contribution is 0.0554. The van der Waals surface area contributed by atoms with Gasteiger partial charge in [0.15, 0.2) is 0 Å². The monoisotopic (exact) mass is 404 g/mol. The number of nitrogens with zero attached hydrogens (tertiary/aromatic N) is 4. The second kappa shape index (κ2) is 7.55. The van der Waals surface area contributed by atoms with Crippen LogP contribution in [0.2, 0.25) is 0 Å². The average molecular weight is 404 g/mol. The lowest BCUT2D eigenvalue weighted by Crippen LogP contribution is -2.46. The first-order valence-corrected chi connectivity index (χ1v) is 10.4. The van der Waals surface area contributed by atoms with E-state index in [2.05, 4.69) is 20.0 Å². The Hall–Kier alpha value is -3.22. The molecular weight excluding hydrogens is 380 g/mol. The quantitative estimate of drug-likeness (QED) is 0.654. The summed E-state index contributed by atoms with van der Waals surface area (Å²) in [6.07, 6.45) is 7.17. The SMILES string of the molecule is COc1cccc(C(=O)N2C3CCC2CC(c2nc(-c4ccncc4)no2)C3)c1C. The van der Waals surface area contributed by atoms with Crippen molar-refractivity contribution in [3.8, 4) is 17.1 Å². The molecule has 154 valence electrons. The van der Waals surface area contributed by atoms with Gasteiger partial charge in [-0.3, -0.25) is 9.78 Å². The molecule has 0 spiro atoms. The summed E-state index contributed by atoms with van der Waals surface area (Å²) in [5.41, 5.74) is 2.51. The molecule has 0 saturated carbocycles. The molecule has 0 aliphatic carbocycles. The summed E-state index contributed by atoms with van der Waals surface area (Å²) in [6.45, 7) is 1.94. The number of methoxy groups -OCH3 is 1. The predicted octanol–water partition coefficient (Wildman–Crippen LogP) is 4.00. The Morgan fingerprint density at radius 1 is 1.13 bits per heavy atom. The second-order valence-corrected chi connectivity index (χ2v) is 8.09. The van der Waals surface area contributed by atoms with Crippen molar-refractivity contribution in [1.29, 1.82) is 0 Å². The molecule has 2 fully saturated rings. The molecule has 1 amide bonds. The van der Waals surface area contributed by atoms with Crippen molar-refractivity contribution in [3.63, 3.8) is 0 Å². The molecule has 0 N–H and O–H groups in total. The number of rotatable bonds is 4. The fourth-order valence-electron chi connectivity index (χ4n) is 4.94. The van der Waals surface area contributed by atoms with E-state index in [1.165, 1.54) is 0 Å². The molecule has 5 rings (SSSR count). The number of carbonyl (C=O) groups excluding carboxylic acids is 1. The van der Waals surface area contributed by atoms with E-state index >= 15 is 0 Å². The number of carbonyl (C=O) groups is 1. The van der Waals surface area contributed by atoms with Crippen LogP contribution in [0.15, 0.2) is 47.2 Å². The van der Waals surface area contributed by atoms with E-state index in [1.54, 1.807) is 19.5 Å². The Kier molecular flexibility index (Phi) is 4.73. The molecule has 7 nitrogen and oxygen atoms in total. The van der Waals surface area contributed by atoms with Gasteiger partial charge >= 0.3 is 0 Å². The van der Waals surface area contributed by atoms with E-state index in [-0.39, 0.29) is 23.9 Å². The van der Waals surface area contributed by atoms with Gasteiger partial charge in [-0.05, 0) is 56.9 Å². The molecule has 2 bridgehead atoms. The first-order chi connectivity index (χ1) is 14.7. The Morgan fingerprint density at radius 3 is 2.57 bits per heavy atom. The van der Waals surface area contributed by atoms with Crippen molar-refractivity contribution in [2.24, 2.45) is 0 Å². The van der Waals surface area contributed by atoms with Gasteiger partial charge in [-0.25, -0.2) is 0 Å². The van der Waals surface area contributed by atoms with Crippen molar-refractivity contribution in [1.82, 2.24) is 20.0 Å². The van der Waals surface area contributed by atoms with E-state index in [1.807, 2.05) is 37.3 Å². The maximum Gasteiger partial charge on any atom is 0.254 e. The molecule has 2 aromatic heterocycles. The van der Waals surface area contributed by atoms with Crippen LogP contribution in [0.5, 0.6) is 5.75 Å². The van der Waals surface area contributed by atoms with E-state index in [0.29, 0.717) is 11.7 Å². The van der Waals surface area contributed by atoms with Crippen molar-refractivity contribution in [2.75, 3.05) is 7.11 Å². The van der Waals surface area contributed by atoms with Gasteiger partial charge in [-0.1, -0.05) is 11.2 Å². The topological polar surface area (TPSA) is 81.4 Å². The summed E-state index contributed by atoms with van der Waals surface area (Å²) < 4.78 is 11.0. The summed E-state index contributed by atoms with van der Waals surface area (Å²) in [6, 6.07) is 9.80. The van der Waals surface area contributed by atoms with Crippen molar-refractivity contribution in [3.05, 3.63) is 59.7 Å². The first-order valence-electron chi connectivity index (χ1n) is 10.4. The number of piperidine rings is 1. The summed E-state index contributed by atoms with van der Waals surface area (Å²) in [5.74, 6) is 2.28. The van der Waals surface area contributed by atoms with Crippen LogP contribution in [0.4, 0.5) is 0 Å². The number of aromatic nitrogens is 3. The normalized spacial score (nSPS) is 22.9. The summed E-state index contributed by atoms with van der Waals surface area (Å²) in [5, 5.41) is 4.16. The van der Waals surface area contributed by atoms with Gasteiger partial charge in [0.2, 0.25) is 11.7 Å². The zero-order valence-corrected chi connectivity index (χ0v) is 17.1. The summed E-state index contributed by atoms with van der Waals surface area (Å²) >= 11 is 0. The van der Waals surface area contributed by atoms with Gasteiger partial charge in [0.1, 0.15) is 5.75 Å². The van der Waals surface area contributed by atoms with Gasteiger partial charge in [0, 0.05) is 47.1 Å². The van der Waals surface area contributed by atoms with Crippen molar-refractivity contribution < 1.29 is 14.1 Å². The zero-order valence-electron chi connectivity index (χ0n) is 17.1. The van der Waals surface area contributed by atoms with E-state index in [0.717, 1.165) is 48.1 Å². The Bertz CT molecular complexity index is 1050. The first kappa shape index (κ1) is 18.8. The Balaban J connectivity index is 1.36. The smallest absolute Gasteiger partial charge is 0.254 e. The molecule has 2 aliphatic rings. The van der Waals surface area contributed by atoms with Crippen LogP contribution in [0, 0.1) is 6.92 Å². The van der Waals surface area contributed by atoms with Crippen LogP contribution in [0.1, 0.15) is 53.4 Å². The van der Waals surface area contributed by atoms with Crippen LogP contribution in [0.25, 0.3) is 11.4 Å². The van der Waals surface area contributed by atoms with Crippen LogP contribution in [0.3, 0.4) is 0 Å². The van der Waals surface area contributed by atoms with Crippen LogP contribution in [-0.2, 0) is 0 Å². The number of fused-ring (bicyclic) bond motifs is 2. The number of pyridine rings is 1. The maximum atomic E-state index is 13.4. The largest absolute Gasteiger partial charge is 0.496 e. The zero-order chi connectivity index (χ0) is 20.7. The highest BCUT2D eigenvalue weighted by Gasteiger charge is 2.45. The third kappa shape index (κ3) is 3.14. The van der Waals surface area contributed by atoms with Crippen LogP contribution >= 0.6 is 0 Å². The minimum Gasteiger partial charge on any atom is -0.496 e. The van der Waals surface area contributed by atoms with Gasteiger partial charge in [-0.2, -0.15) is 4.98 Å². The highest BCUT2D eigenvalue weighted by molar-refractivity contribution is 5.97. The number of benzene rings is 1. The Morgan fingerprint density at radius 2 is 1.87 bits per heavy atom. The molecular formula is C23H24N4O3. The lowest BCUT2D eigenvalue weighted by atomic mass is 9.89. The number of hydrogen-bond donors (Lipinski definition) is 0. The molecule has 30 heavy (non-hydrogen) atoms. The number of ether oxygens (including phenoxy) is 1. The maximum absolute atomic E-state index is 13.4. The molecule has 4 heterocycles. The standard InChI is InChI=1S/C23H24N4O3/c1-14-19(4-3-5-20(14)29-2)23(28)27-17-6-7-18(27)13-16(12-17)22-25-21(26-30-22)15-8-10-24-11-9-15/h3-5,8-11,16-18H,6-7,12-13H2,1-2H3. The molecule has 2 unspecified atom stereocenters. The minimum atomic E-state index is 0.0975. The van der Waals surface area contributed by atoms with Gasteiger partial charge in [0.25, 0.3) is 5.91 Å². The van der Waals surface area contributed by atoms with Crippen LogP contribution in [-0.4, -0.2) is 45.1 Å². The molecule has 3 aromatic rings. The molecule has 1 aromatic carbocycles. The highest BCUT2D eigenvalue weighted by Crippen LogP contribution is 2.44. The van der Waals surface area contributed by atoms with Crippen molar-refractivity contribution in [2.45, 2.75) is 50.6 Å². The predicted molar refractivity (Wildman–Crippen MR) is 110 cm³/mol. The summed E-state index contributed by atoms with van der Waals surface area (Å²) in [7, 11) is 1.64. The minimum absolute atomic E-state index is 0.0975. The molecule has 0 radical (unpaired) electrons. The molecule has 2 aliphatic heterocycles. The van der Waals surface area contributed by atoms with Crippen molar-refractivity contribution >= 4 is 5.91 Å². The highest BCUT2D eigenvalue weighted by atomic mass is 16.5. The lowest BCUT2D eigenvalue weighted by Gasteiger charge is -2.38. The average Bonchev–Trinajstić information content (AvgIpc) is 3.37. The molecule has 2 atom stereocenters. The van der Waals surface area contributed by atoms with Gasteiger partial charge < -0.3 is 14.2 Å². The Labute approximate surface area is 175 Å². The second-order valence-electron chi connectivity index (χ2n) is 8.09. The fraction of sp³-hybridized carbons (Fsp3) is 0.391. The third-order valence-electron chi connectivity index (χ3n) is 6.43. The van der Waals surface area contributed by atoms with Gasteiger partial charge in [-0.15, -0.1) is 0 Å². The van der Waals surface area contributed by atoms with E-state index in [9.17, 15) is 4.79 Å². The third-order valence-corrected chi connectivity index (χ3v) is 6.43. The number of amides is 1. The number of hydrogen-bond acceptors (Lipinski definition) is 6. The fourth-order valence-corrected chi connectivity index (χ4v) is 4.94. The van der Waals surface area contributed by atoms with E-state index in [4.69, 9.17) is 9.26 Å². The molecule has 7 heteroatoms. The van der Waals surface area contributed by atoms with Gasteiger partial charge in [0.05, 0.1) is 7.11 Å².